The molecule has 2 nitrogen and oxygen atoms in total. The third-order valence-corrected chi connectivity index (χ3v) is 2.88. The lowest BCUT2D eigenvalue weighted by atomic mass is 10.0. The molecule has 0 aliphatic heterocycles. The third-order valence-electron chi connectivity index (χ3n) is 2.88. The summed E-state index contributed by atoms with van der Waals surface area (Å²) in [4.78, 5) is 0. The Hall–Kier alpha value is -0.0800. The summed E-state index contributed by atoms with van der Waals surface area (Å²) in [5.74, 6) is 0.665. The molecule has 0 saturated carbocycles. The van der Waals surface area contributed by atoms with Crippen LogP contribution in [-0.2, 0) is 0 Å². The van der Waals surface area contributed by atoms with E-state index in [0.717, 1.165) is 0 Å². The van der Waals surface area contributed by atoms with E-state index in [0.29, 0.717) is 18.1 Å². The molecule has 3 unspecified atom stereocenters. The summed E-state index contributed by atoms with van der Waals surface area (Å²) in [5.41, 5.74) is 0.175. The molecule has 0 aromatic carbocycles. The van der Waals surface area contributed by atoms with Gasteiger partial charge in [0, 0.05) is 11.6 Å². The number of hydrogen-bond acceptors (Lipinski definition) is 2. The van der Waals surface area contributed by atoms with Crippen LogP contribution < -0.4 is 10.6 Å². The van der Waals surface area contributed by atoms with Gasteiger partial charge in [-0.05, 0) is 40.0 Å². The Morgan fingerprint density at radius 1 is 1.00 bits per heavy atom. The average Bonchev–Trinajstić information content (AvgIpc) is 2.13. The SMILES string of the molecule is CCC(C)NC(NC(C)(C)C)C(C)CC. The van der Waals surface area contributed by atoms with Crippen molar-refractivity contribution >= 4 is 0 Å². The van der Waals surface area contributed by atoms with E-state index in [1.807, 2.05) is 0 Å². The Labute approximate surface area is 96.2 Å². The first-order chi connectivity index (χ1) is 6.80. The lowest BCUT2D eigenvalue weighted by molar-refractivity contribution is 0.229. The van der Waals surface area contributed by atoms with Gasteiger partial charge in [0.15, 0.2) is 0 Å². The lowest BCUT2D eigenvalue weighted by Gasteiger charge is -2.34. The first-order valence-electron chi connectivity index (χ1n) is 6.33. The van der Waals surface area contributed by atoms with Crippen LogP contribution in [0.1, 0.15) is 61.3 Å². The van der Waals surface area contributed by atoms with E-state index in [2.05, 4.69) is 59.1 Å². The van der Waals surface area contributed by atoms with Crippen molar-refractivity contribution in [2.24, 2.45) is 5.92 Å². The maximum atomic E-state index is 3.66. The second-order valence-electron chi connectivity index (χ2n) is 5.73. The molecule has 0 aliphatic carbocycles. The van der Waals surface area contributed by atoms with Crippen molar-refractivity contribution in [2.45, 2.75) is 79.1 Å². The van der Waals surface area contributed by atoms with Crippen LogP contribution in [0.2, 0.25) is 0 Å². The summed E-state index contributed by atoms with van der Waals surface area (Å²) >= 11 is 0. The second kappa shape index (κ2) is 6.49. The second-order valence-corrected chi connectivity index (χ2v) is 5.73. The summed E-state index contributed by atoms with van der Waals surface area (Å²) in [6.45, 7) is 15.7. The Bertz CT molecular complexity index is 160. The molecule has 2 N–H and O–H groups in total. The minimum Gasteiger partial charge on any atom is -0.299 e. The molecule has 0 radical (unpaired) electrons. The van der Waals surface area contributed by atoms with Gasteiger partial charge in [-0.15, -0.1) is 0 Å². The zero-order valence-electron chi connectivity index (χ0n) is 11.6. The van der Waals surface area contributed by atoms with E-state index >= 15 is 0 Å². The van der Waals surface area contributed by atoms with Gasteiger partial charge >= 0.3 is 0 Å². The molecule has 0 heterocycles. The first kappa shape index (κ1) is 14.9. The van der Waals surface area contributed by atoms with Crippen molar-refractivity contribution in [3.05, 3.63) is 0 Å². The van der Waals surface area contributed by atoms with Gasteiger partial charge in [0.05, 0.1) is 6.17 Å². The number of rotatable bonds is 6. The normalized spacial score (nSPS) is 18.6. The smallest absolute Gasteiger partial charge is 0.0603 e. The maximum absolute atomic E-state index is 3.66. The van der Waals surface area contributed by atoms with Crippen molar-refractivity contribution in [3.63, 3.8) is 0 Å². The molecule has 0 bridgehead atoms. The fraction of sp³-hybridized carbons (Fsp3) is 1.00. The molecule has 0 aromatic rings. The minimum atomic E-state index is 0.175. The maximum Gasteiger partial charge on any atom is 0.0603 e. The topological polar surface area (TPSA) is 24.1 Å². The highest BCUT2D eigenvalue weighted by Gasteiger charge is 2.22. The molecule has 0 amide bonds. The van der Waals surface area contributed by atoms with Crippen molar-refractivity contribution in [3.8, 4) is 0 Å². The molecule has 0 spiro atoms. The highest BCUT2D eigenvalue weighted by molar-refractivity contribution is 4.81. The Morgan fingerprint density at radius 3 is 1.87 bits per heavy atom. The van der Waals surface area contributed by atoms with Crippen molar-refractivity contribution in [2.75, 3.05) is 0 Å². The lowest BCUT2D eigenvalue weighted by Crippen LogP contribution is -2.56. The minimum absolute atomic E-state index is 0.175. The first-order valence-corrected chi connectivity index (χ1v) is 6.33. The van der Waals surface area contributed by atoms with Crippen molar-refractivity contribution in [1.82, 2.24) is 10.6 Å². The van der Waals surface area contributed by atoms with Gasteiger partial charge in [0.25, 0.3) is 0 Å². The van der Waals surface area contributed by atoms with E-state index in [-0.39, 0.29) is 5.54 Å². The van der Waals surface area contributed by atoms with E-state index in [9.17, 15) is 0 Å². The van der Waals surface area contributed by atoms with Crippen LogP contribution >= 0.6 is 0 Å². The van der Waals surface area contributed by atoms with Crippen LogP contribution in [0.3, 0.4) is 0 Å². The van der Waals surface area contributed by atoms with E-state index < -0.39 is 0 Å². The molecule has 2 heteroatoms. The number of hydrogen-bond donors (Lipinski definition) is 2. The highest BCUT2D eigenvalue weighted by Crippen LogP contribution is 2.11. The summed E-state index contributed by atoms with van der Waals surface area (Å²) < 4.78 is 0. The van der Waals surface area contributed by atoms with Gasteiger partial charge in [0.1, 0.15) is 0 Å². The predicted octanol–water partition coefficient (Wildman–Crippen LogP) is 3.13. The van der Waals surface area contributed by atoms with Crippen molar-refractivity contribution < 1.29 is 0 Å². The Morgan fingerprint density at radius 2 is 1.53 bits per heavy atom. The standard InChI is InChI=1S/C13H30N2/c1-8-10(3)12(14-11(4)9-2)15-13(5,6)7/h10-12,14-15H,8-9H2,1-7H3. The molecule has 0 fully saturated rings. The van der Waals surface area contributed by atoms with E-state index in [1.54, 1.807) is 0 Å². The molecular weight excluding hydrogens is 184 g/mol. The molecule has 3 atom stereocenters. The van der Waals surface area contributed by atoms with Crippen LogP contribution in [0.4, 0.5) is 0 Å². The zero-order chi connectivity index (χ0) is 12.1. The number of nitrogens with one attached hydrogen (secondary N) is 2. The highest BCUT2D eigenvalue weighted by atomic mass is 15.2. The predicted molar refractivity (Wildman–Crippen MR) is 69.0 cm³/mol. The van der Waals surface area contributed by atoms with Gasteiger partial charge < -0.3 is 0 Å². The average molecular weight is 214 g/mol. The molecule has 0 rings (SSSR count). The fourth-order valence-electron chi connectivity index (χ4n) is 1.47. The Balaban J connectivity index is 4.31. The molecule has 92 valence electrons. The van der Waals surface area contributed by atoms with Crippen LogP contribution in [0.5, 0.6) is 0 Å². The fourth-order valence-corrected chi connectivity index (χ4v) is 1.47. The van der Waals surface area contributed by atoms with Gasteiger partial charge in [-0.2, -0.15) is 0 Å². The van der Waals surface area contributed by atoms with Crippen LogP contribution in [0.15, 0.2) is 0 Å². The molecule has 0 saturated heterocycles. The van der Waals surface area contributed by atoms with E-state index in [1.165, 1.54) is 12.8 Å². The Kier molecular flexibility index (Phi) is 6.46. The largest absolute Gasteiger partial charge is 0.299 e. The quantitative estimate of drug-likeness (QED) is 0.664. The van der Waals surface area contributed by atoms with Crippen LogP contribution in [-0.4, -0.2) is 17.7 Å². The zero-order valence-corrected chi connectivity index (χ0v) is 11.6. The van der Waals surface area contributed by atoms with Gasteiger partial charge in [-0.1, -0.05) is 27.2 Å². The van der Waals surface area contributed by atoms with Gasteiger partial charge in [-0.25, -0.2) is 0 Å². The van der Waals surface area contributed by atoms with Crippen LogP contribution in [0.25, 0.3) is 0 Å². The third kappa shape index (κ3) is 6.91. The summed E-state index contributed by atoms with van der Waals surface area (Å²) in [7, 11) is 0. The van der Waals surface area contributed by atoms with Crippen molar-refractivity contribution in [1.29, 1.82) is 0 Å². The molecule has 0 aromatic heterocycles. The summed E-state index contributed by atoms with van der Waals surface area (Å²) in [6.07, 6.45) is 2.81. The summed E-state index contributed by atoms with van der Waals surface area (Å²) in [5, 5.41) is 7.32. The molecular formula is C13H30N2. The van der Waals surface area contributed by atoms with Gasteiger partial charge in [0.2, 0.25) is 0 Å². The van der Waals surface area contributed by atoms with E-state index in [4.69, 9.17) is 0 Å². The summed E-state index contributed by atoms with van der Waals surface area (Å²) in [6, 6.07) is 0.582. The van der Waals surface area contributed by atoms with Gasteiger partial charge in [-0.3, -0.25) is 10.6 Å². The monoisotopic (exact) mass is 214 g/mol. The van der Waals surface area contributed by atoms with Crippen LogP contribution in [0, 0.1) is 5.92 Å². The molecule has 0 aliphatic rings. The molecule has 15 heavy (non-hydrogen) atoms.